The Kier molecular flexibility index (Phi) is 3.14. The van der Waals surface area contributed by atoms with Crippen LogP contribution in [0.3, 0.4) is 0 Å². The molecule has 0 saturated heterocycles. The molecule has 20 heavy (non-hydrogen) atoms. The summed E-state index contributed by atoms with van der Waals surface area (Å²) in [4.78, 5) is 12.5. The summed E-state index contributed by atoms with van der Waals surface area (Å²) in [6, 6.07) is 11.6. The molecule has 2 aromatic rings. The fourth-order valence-electron chi connectivity index (χ4n) is 2.39. The highest BCUT2D eigenvalue weighted by Gasteiger charge is 2.32. The fraction of sp³-hybridized carbons (Fsp3) is 0.188. The number of fused-ring (bicyclic) bond motifs is 1. The highest BCUT2D eigenvalue weighted by atomic mass is 19.1. The van der Waals surface area contributed by atoms with Crippen LogP contribution in [-0.4, -0.2) is 19.5 Å². The minimum Gasteiger partial charge on any atom is -0.497 e. The third kappa shape index (κ3) is 2.03. The van der Waals surface area contributed by atoms with E-state index in [1.165, 1.54) is 19.2 Å². The molecule has 1 aliphatic rings. The van der Waals surface area contributed by atoms with E-state index in [-0.39, 0.29) is 18.0 Å². The van der Waals surface area contributed by atoms with Crippen molar-refractivity contribution < 1.29 is 18.7 Å². The van der Waals surface area contributed by atoms with Crippen molar-refractivity contribution in [3.63, 3.8) is 0 Å². The summed E-state index contributed by atoms with van der Waals surface area (Å²) >= 11 is 0. The lowest BCUT2D eigenvalue weighted by molar-refractivity contribution is 0.0943. The molecule has 102 valence electrons. The van der Waals surface area contributed by atoms with Crippen molar-refractivity contribution in [1.29, 1.82) is 0 Å². The van der Waals surface area contributed by atoms with Gasteiger partial charge in [-0.1, -0.05) is 18.2 Å². The molecule has 0 saturated carbocycles. The zero-order valence-corrected chi connectivity index (χ0v) is 10.9. The molecule has 0 N–H and O–H groups in total. The average Bonchev–Trinajstić information content (AvgIpc) is 2.90. The van der Waals surface area contributed by atoms with Gasteiger partial charge >= 0.3 is 0 Å². The Hall–Kier alpha value is -2.36. The number of ether oxygens (including phenoxy) is 2. The summed E-state index contributed by atoms with van der Waals surface area (Å²) in [5.74, 6) is -0.204. The molecule has 0 radical (unpaired) electrons. The van der Waals surface area contributed by atoms with E-state index in [1.807, 2.05) is 24.3 Å². The van der Waals surface area contributed by atoms with Gasteiger partial charge in [0.1, 0.15) is 23.9 Å². The first-order chi connectivity index (χ1) is 9.70. The monoisotopic (exact) mass is 272 g/mol. The van der Waals surface area contributed by atoms with Gasteiger partial charge < -0.3 is 9.47 Å². The lowest BCUT2D eigenvalue weighted by atomic mass is 9.92. The van der Waals surface area contributed by atoms with Gasteiger partial charge in [0, 0.05) is 11.6 Å². The molecule has 0 spiro atoms. The zero-order chi connectivity index (χ0) is 14.1. The van der Waals surface area contributed by atoms with Crippen LogP contribution >= 0.6 is 0 Å². The molecule has 3 nitrogen and oxygen atoms in total. The molecule has 3 rings (SSSR count). The Morgan fingerprint density at radius 1 is 1.30 bits per heavy atom. The van der Waals surface area contributed by atoms with Crippen LogP contribution < -0.4 is 9.47 Å². The molecule has 0 bridgehead atoms. The van der Waals surface area contributed by atoms with Crippen molar-refractivity contribution in [2.75, 3.05) is 13.7 Å². The van der Waals surface area contributed by atoms with Crippen molar-refractivity contribution in [3.05, 3.63) is 59.4 Å². The van der Waals surface area contributed by atoms with Gasteiger partial charge in [-0.2, -0.15) is 0 Å². The summed E-state index contributed by atoms with van der Waals surface area (Å²) in [7, 11) is 1.46. The summed E-state index contributed by atoms with van der Waals surface area (Å²) in [5.41, 5.74) is 0.879. The molecule has 0 amide bonds. The van der Waals surface area contributed by atoms with Crippen molar-refractivity contribution >= 4 is 5.78 Å². The summed E-state index contributed by atoms with van der Waals surface area (Å²) < 4.78 is 24.4. The lowest BCUT2D eigenvalue weighted by Gasteiger charge is -2.09. The molecule has 4 heteroatoms. The first kappa shape index (κ1) is 12.7. The van der Waals surface area contributed by atoms with E-state index in [1.54, 1.807) is 6.07 Å². The molecule has 0 fully saturated rings. The fourth-order valence-corrected chi connectivity index (χ4v) is 2.39. The molecule has 0 aliphatic carbocycles. The van der Waals surface area contributed by atoms with Crippen LogP contribution in [0.15, 0.2) is 42.5 Å². The van der Waals surface area contributed by atoms with Gasteiger partial charge in [0.2, 0.25) is 0 Å². The Balaban J connectivity index is 1.95. The minimum atomic E-state index is -0.571. The molecule has 1 heterocycles. The highest BCUT2D eigenvalue weighted by molar-refractivity contribution is 6.02. The predicted molar refractivity (Wildman–Crippen MR) is 72.0 cm³/mol. The summed E-state index contributed by atoms with van der Waals surface area (Å²) in [5, 5.41) is 0. The van der Waals surface area contributed by atoms with Crippen LogP contribution in [-0.2, 0) is 0 Å². The van der Waals surface area contributed by atoms with Gasteiger partial charge in [0.05, 0.1) is 18.6 Å². The minimum absolute atomic E-state index is 0.0658. The Morgan fingerprint density at radius 3 is 2.85 bits per heavy atom. The van der Waals surface area contributed by atoms with E-state index in [0.29, 0.717) is 11.5 Å². The third-order valence-corrected chi connectivity index (χ3v) is 3.46. The van der Waals surface area contributed by atoms with E-state index in [9.17, 15) is 9.18 Å². The predicted octanol–water partition coefficient (Wildman–Crippen LogP) is 3.19. The first-order valence-electron chi connectivity index (χ1n) is 6.30. The molecule has 1 atom stereocenters. The Morgan fingerprint density at radius 2 is 2.10 bits per heavy atom. The first-order valence-corrected chi connectivity index (χ1v) is 6.30. The van der Waals surface area contributed by atoms with Crippen LogP contribution in [0.5, 0.6) is 11.5 Å². The largest absolute Gasteiger partial charge is 0.497 e. The summed E-state index contributed by atoms with van der Waals surface area (Å²) in [6.45, 7) is 0.254. The van der Waals surface area contributed by atoms with Gasteiger partial charge in [-0.25, -0.2) is 4.39 Å². The van der Waals surface area contributed by atoms with Crippen LogP contribution in [0.25, 0.3) is 0 Å². The lowest BCUT2D eigenvalue weighted by Crippen LogP contribution is -2.15. The molecular formula is C16H13FO3. The number of methoxy groups -OCH3 is 1. The third-order valence-electron chi connectivity index (χ3n) is 3.46. The number of ketones is 1. The van der Waals surface area contributed by atoms with Crippen molar-refractivity contribution in [2.45, 2.75) is 5.92 Å². The van der Waals surface area contributed by atoms with E-state index in [0.717, 1.165) is 5.56 Å². The molecule has 0 aromatic heterocycles. The normalized spacial score (nSPS) is 16.4. The molecule has 1 unspecified atom stereocenters. The van der Waals surface area contributed by atoms with Gasteiger partial charge in [-0.05, 0) is 18.2 Å². The quantitative estimate of drug-likeness (QED) is 0.805. The van der Waals surface area contributed by atoms with Crippen LogP contribution in [0.2, 0.25) is 0 Å². The number of para-hydroxylation sites is 1. The van der Waals surface area contributed by atoms with Crippen LogP contribution in [0.1, 0.15) is 21.8 Å². The number of carbonyl (C=O) groups excluding carboxylic acids is 1. The maximum Gasteiger partial charge on any atom is 0.176 e. The number of benzene rings is 2. The summed E-state index contributed by atoms with van der Waals surface area (Å²) in [6.07, 6.45) is 0. The second kappa shape index (κ2) is 4.96. The SMILES string of the molecule is COc1ccc(C(=O)C2COc3ccccc32)c(F)c1. The van der Waals surface area contributed by atoms with Crippen LogP contribution in [0, 0.1) is 5.82 Å². The number of carbonyl (C=O) groups is 1. The number of Topliss-reactive ketones (excluding diaryl/α,β-unsaturated/α-hetero) is 1. The second-order valence-electron chi connectivity index (χ2n) is 4.61. The van der Waals surface area contributed by atoms with Crippen molar-refractivity contribution in [3.8, 4) is 11.5 Å². The molecule has 1 aliphatic heterocycles. The molecule has 2 aromatic carbocycles. The van der Waals surface area contributed by atoms with Crippen molar-refractivity contribution in [2.24, 2.45) is 0 Å². The molecular weight excluding hydrogens is 259 g/mol. The maximum absolute atomic E-state index is 14.0. The van der Waals surface area contributed by atoms with E-state index >= 15 is 0 Å². The second-order valence-corrected chi connectivity index (χ2v) is 4.61. The Bertz CT molecular complexity index is 667. The standard InChI is InChI=1S/C16H13FO3/c1-19-10-6-7-12(14(17)8-10)16(18)13-9-20-15-5-3-2-4-11(13)15/h2-8,13H,9H2,1H3. The number of rotatable bonds is 3. The topological polar surface area (TPSA) is 35.5 Å². The number of halogens is 1. The number of hydrogen-bond acceptors (Lipinski definition) is 3. The van der Waals surface area contributed by atoms with E-state index in [4.69, 9.17) is 9.47 Å². The Labute approximate surface area is 115 Å². The number of hydrogen-bond donors (Lipinski definition) is 0. The van der Waals surface area contributed by atoms with E-state index < -0.39 is 11.7 Å². The van der Waals surface area contributed by atoms with Gasteiger partial charge in [-0.15, -0.1) is 0 Å². The highest BCUT2D eigenvalue weighted by Crippen LogP contribution is 2.36. The smallest absolute Gasteiger partial charge is 0.176 e. The van der Waals surface area contributed by atoms with Gasteiger partial charge in [0.25, 0.3) is 0 Å². The van der Waals surface area contributed by atoms with Crippen molar-refractivity contribution in [1.82, 2.24) is 0 Å². The average molecular weight is 272 g/mol. The maximum atomic E-state index is 14.0. The van der Waals surface area contributed by atoms with E-state index in [2.05, 4.69) is 0 Å². The van der Waals surface area contributed by atoms with Gasteiger partial charge in [-0.3, -0.25) is 4.79 Å². The zero-order valence-electron chi connectivity index (χ0n) is 10.9. The van der Waals surface area contributed by atoms with Crippen LogP contribution in [0.4, 0.5) is 4.39 Å². The van der Waals surface area contributed by atoms with Gasteiger partial charge in [0.15, 0.2) is 5.78 Å².